The Hall–Kier alpha value is -1.05. The number of piperidine rings is 1. The molecule has 0 atom stereocenters. The summed E-state index contributed by atoms with van der Waals surface area (Å²) in [5.74, 6) is -0.144. The van der Waals surface area contributed by atoms with Gasteiger partial charge in [-0.05, 0) is 19.9 Å². The number of hydrogen-bond donors (Lipinski definition) is 2. The molecule has 0 aromatic carbocycles. The van der Waals surface area contributed by atoms with E-state index < -0.39 is 5.54 Å². The lowest BCUT2D eigenvalue weighted by Crippen LogP contribution is -2.61. The Balaban J connectivity index is 2.12. The largest absolute Gasteiger partial charge is 0.391 e. The standard InChI is InChI=1S/C11H16N4OS2/c1-15-4-2-11(3-5-15,10(12)17)14-9(16)8-6-13-7-18-8/h6-7H,2-5H2,1H3,(H2,12,17)(H,14,16). The fourth-order valence-electron chi connectivity index (χ4n) is 2.04. The number of aromatic nitrogens is 1. The van der Waals surface area contributed by atoms with Gasteiger partial charge in [0.05, 0.1) is 22.2 Å². The Morgan fingerprint density at radius 2 is 2.28 bits per heavy atom. The van der Waals surface area contributed by atoms with Crippen LogP contribution in [0.2, 0.25) is 0 Å². The normalized spacial score (nSPS) is 19.4. The van der Waals surface area contributed by atoms with Crippen LogP contribution in [0.15, 0.2) is 11.7 Å². The van der Waals surface area contributed by atoms with Crippen molar-refractivity contribution in [1.29, 1.82) is 0 Å². The van der Waals surface area contributed by atoms with E-state index in [9.17, 15) is 4.79 Å². The maximum Gasteiger partial charge on any atom is 0.263 e. The molecule has 1 aliphatic heterocycles. The molecule has 2 heterocycles. The van der Waals surface area contributed by atoms with Gasteiger partial charge < -0.3 is 16.0 Å². The van der Waals surface area contributed by atoms with Crippen molar-refractivity contribution in [2.45, 2.75) is 18.4 Å². The lowest BCUT2D eigenvalue weighted by molar-refractivity contribution is 0.0894. The van der Waals surface area contributed by atoms with Crippen molar-refractivity contribution in [2.75, 3.05) is 20.1 Å². The number of likely N-dealkylation sites (tertiary alicyclic amines) is 1. The lowest BCUT2D eigenvalue weighted by atomic mass is 9.87. The van der Waals surface area contributed by atoms with Gasteiger partial charge in [-0.2, -0.15) is 0 Å². The summed E-state index contributed by atoms with van der Waals surface area (Å²) >= 11 is 6.46. The molecule has 18 heavy (non-hydrogen) atoms. The van der Waals surface area contributed by atoms with Crippen LogP contribution in [0, 0.1) is 0 Å². The molecule has 7 heteroatoms. The summed E-state index contributed by atoms with van der Waals surface area (Å²) in [5.41, 5.74) is 6.92. The molecule has 98 valence electrons. The van der Waals surface area contributed by atoms with Crippen molar-refractivity contribution in [3.8, 4) is 0 Å². The third kappa shape index (κ3) is 2.68. The van der Waals surface area contributed by atoms with Crippen LogP contribution < -0.4 is 11.1 Å². The Bertz CT molecular complexity index is 438. The van der Waals surface area contributed by atoms with Crippen LogP contribution in [-0.4, -0.2) is 46.5 Å². The monoisotopic (exact) mass is 284 g/mol. The molecule has 0 radical (unpaired) electrons. The number of carbonyl (C=O) groups excluding carboxylic acids is 1. The first kappa shape index (κ1) is 13.4. The van der Waals surface area contributed by atoms with E-state index in [1.54, 1.807) is 11.7 Å². The minimum Gasteiger partial charge on any atom is -0.391 e. The van der Waals surface area contributed by atoms with E-state index in [2.05, 4.69) is 22.2 Å². The molecule has 0 aliphatic carbocycles. The summed E-state index contributed by atoms with van der Waals surface area (Å²) in [6, 6.07) is 0. The fourth-order valence-corrected chi connectivity index (χ4v) is 2.81. The van der Waals surface area contributed by atoms with Gasteiger partial charge in [-0.3, -0.25) is 9.78 Å². The molecule has 0 saturated carbocycles. The highest BCUT2D eigenvalue weighted by molar-refractivity contribution is 7.80. The van der Waals surface area contributed by atoms with Crippen LogP contribution in [-0.2, 0) is 0 Å². The van der Waals surface area contributed by atoms with E-state index in [0.29, 0.717) is 9.87 Å². The summed E-state index contributed by atoms with van der Waals surface area (Å²) in [6.07, 6.45) is 3.06. The Kier molecular flexibility index (Phi) is 3.94. The van der Waals surface area contributed by atoms with Gasteiger partial charge in [0.25, 0.3) is 5.91 Å². The van der Waals surface area contributed by atoms with Crippen LogP contribution in [0.4, 0.5) is 0 Å². The third-order valence-corrected chi connectivity index (χ3v) is 4.48. The van der Waals surface area contributed by atoms with Gasteiger partial charge in [0.15, 0.2) is 0 Å². The number of nitrogens with two attached hydrogens (primary N) is 1. The minimum absolute atomic E-state index is 0.144. The Labute approximate surface area is 115 Å². The topological polar surface area (TPSA) is 71.2 Å². The Morgan fingerprint density at radius 3 is 2.78 bits per heavy atom. The quantitative estimate of drug-likeness (QED) is 0.796. The maximum atomic E-state index is 12.1. The molecule has 5 nitrogen and oxygen atoms in total. The first-order valence-electron chi connectivity index (χ1n) is 5.73. The molecule has 0 spiro atoms. The summed E-state index contributed by atoms with van der Waals surface area (Å²) in [6.45, 7) is 1.75. The number of rotatable bonds is 3. The van der Waals surface area contributed by atoms with Crippen molar-refractivity contribution in [3.05, 3.63) is 16.6 Å². The van der Waals surface area contributed by atoms with Crippen LogP contribution in [0.25, 0.3) is 0 Å². The molecular weight excluding hydrogens is 268 g/mol. The number of carbonyl (C=O) groups is 1. The third-order valence-electron chi connectivity index (χ3n) is 3.32. The number of thiazole rings is 1. The summed E-state index contributed by atoms with van der Waals surface area (Å²) < 4.78 is 0. The zero-order valence-electron chi connectivity index (χ0n) is 10.2. The molecule has 0 unspecified atom stereocenters. The van der Waals surface area contributed by atoms with Gasteiger partial charge >= 0.3 is 0 Å². The lowest BCUT2D eigenvalue weighted by Gasteiger charge is -2.40. The molecule has 1 saturated heterocycles. The fraction of sp³-hybridized carbons (Fsp3) is 0.545. The highest BCUT2D eigenvalue weighted by Crippen LogP contribution is 2.23. The summed E-state index contributed by atoms with van der Waals surface area (Å²) in [5, 5.41) is 2.99. The van der Waals surface area contributed by atoms with E-state index in [4.69, 9.17) is 18.0 Å². The summed E-state index contributed by atoms with van der Waals surface area (Å²) in [7, 11) is 2.05. The zero-order chi connectivity index (χ0) is 13.2. The zero-order valence-corrected chi connectivity index (χ0v) is 11.8. The highest BCUT2D eigenvalue weighted by Gasteiger charge is 2.38. The highest BCUT2D eigenvalue weighted by atomic mass is 32.1. The van der Waals surface area contributed by atoms with E-state index in [1.807, 2.05) is 0 Å². The van der Waals surface area contributed by atoms with Gasteiger partial charge in [-0.1, -0.05) is 12.2 Å². The van der Waals surface area contributed by atoms with E-state index in [1.165, 1.54) is 11.3 Å². The first-order valence-corrected chi connectivity index (χ1v) is 7.02. The number of amides is 1. The molecule has 1 amide bonds. The molecular formula is C11H16N4OS2. The maximum absolute atomic E-state index is 12.1. The van der Waals surface area contributed by atoms with Gasteiger partial charge in [0, 0.05) is 13.1 Å². The van der Waals surface area contributed by atoms with Gasteiger partial charge in [-0.25, -0.2) is 0 Å². The van der Waals surface area contributed by atoms with Gasteiger partial charge in [0.1, 0.15) is 4.88 Å². The van der Waals surface area contributed by atoms with Crippen LogP contribution in [0.3, 0.4) is 0 Å². The van der Waals surface area contributed by atoms with Crippen molar-refractivity contribution in [2.24, 2.45) is 5.73 Å². The van der Waals surface area contributed by atoms with Crippen LogP contribution in [0.1, 0.15) is 22.5 Å². The molecule has 1 fully saturated rings. The second-order valence-electron chi connectivity index (χ2n) is 4.57. The molecule has 0 bridgehead atoms. The van der Waals surface area contributed by atoms with Crippen molar-refractivity contribution < 1.29 is 4.79 Å². The van der Waals surface area contributed by atoms with Crippen molar-refractivity contribution in [1.82, 2.24) is 15.2 Å². The number of hydrogen-bond acceptors (Lipinski definition) is 5. The van der Waals surface area contributed by atoms with E-state index in [-0.39, 0.29) is 5.91 Å². The number of thiocarbonyl (C=S) groups is 1. The summed E-state index contributed by atoms with van der Waals surface area (Å²) in [4.78, 5) is 19.2. The van der Waals surface area contributed by atoms with Crippen molar-refractivity contribution >= 4 is 34.5 Å². The average molecular weight is 284 g/mol. The predicted molar refractivity (Wildman–Crippen MR) is 75.8 cm³/mol. The molecule has 1 aromatic heterocycles. The molecule has 2 rings (SSSR count). The SMILES string of the molecule is CN1CCC(NC(=O)c2cncs2)(C(N)=S)CC1. The van der Waals surface area contributed by atoms with Gasteiger partial charge in [-0.15, -0.1) is 11.3 Å². The van der Waals surface area contributed by atoms with E-state index in [0.717, 1.165) is 25.9 Å². The van der Waals surface area contributed by atoms with Gasteiger partial charge in [0.2, 0.25) is 0 Å². The molecule has 1 aliphatic rings. The number of nitrogens with zero attached hydrogens (tertiary/aromatic N) is 2. The first-order chi connectivity index (χ1) is 8.53. The molecule has 1 aromatic rings. The second kappa shape index (κ2) is 5.29. The number of nitrogens with one attached hydrogen (secondary N) is 1. The van der Waals surface area contributed by atoms with Crippen LogP contribution in [0.5, 0.6) is 0 Å². The smallest absolute Gasteiger partial charge is 0.263 e. The second-order valence-corrected chi connectivity index (χ2v) is 5.90. The molecule has 3 N–H and O–H groups in total. The van der Waals surface area contributed by atoms with E-state index >= 15 is 0 Å². The van der Waals surface area contributed by atoms with Crippen LogP contribution >= 0.6 is 23.6 Å². The minimum atomic E-state index is -0.553. The predicted octanol–water partition coefficient (Wildman–Crippen LogP) is 0.623. The average Bonchev–Trinajstić information content (AvgIpc) is 2.85. The Morgan fingerprint density at radius 1 is 1.61 bits per heavy atom. The van der Waals surface area contributed by atoms with Crippen molar-refractivity contribution in [3.63, 3.8) is 0 Å².